The van der Waals surface area contributed by atoms with Crippen LogP contribution in [0.5, 0.6) is 5.75 Å². The third-order valence-electron chi connectivity index (χ3n) is 5.48. The summed E-state index contributed by atoms with van der Waals surface area (Å²) in [4.78, 5) is 12.8. The van der Waals surface area contributed by atoms with Crippen LogP contribution in [0.15, 0.2) is 78.9 Å². The second kappa shape index (κ2) is 8.93. The second-order valence-corrected chi connectivity index (χ2v) is 7.34. The summed E-state index contributed by atoms with van der Waals surface area (Å²) >= 11 is 0. The van der Waals surface area contributed by atoms with Crippen LogP contribution in [-0.2, 0) is 16.0 Å². The second-order valence-electron chi connectivity index (χ2n) is 7.34. The molecule has 1 aliphatic heterocycles. The van der Waals surface area contributed by atoms with Gasteiger partial charge in [-0.3, -0.25) is 4.79 Å². The van der Waals surface area contributed by atoms with Gasteiger partial charge in [-0.15, -0.1) is 0 Å². The lowest BCUT2D eigenvalue weighted by Gasteiger charge is -2.26. The molecule has 1 heterocycles. The highest BCUT2D eigenvalue weighted by Crippen LogP contribution is 2.34. The van der Waals surface area contributed by atoms with Crippen LogP contribution < -0.4 is 5.32 Å². The van der Waals surface area contributed by atoms with Gasteiger partial charge in [0.05, 0.1) is 6.61 Å². The minimum absolute atomic E-state index is 0.0613. The zero-order valence-electron chi connectivity index (χ0n) is 16.3. The summed E-state index contributed by atoms with van der Waals surface area (Å²) in [6.45, 7) is 1.11. The maximum absolute atomic E-state index is 12.8. The van der Waals surface area contributed by atoms with Gasteiger partial charge in [-0.1, -0.05) is 72.8 Å². The van der Waals surface area contributed by atoms with Gasteiger partial charge in [0.15, 0.2) is 0 Å². The van der Waals surface area contributed by atoms with E-state index in [1.807, 2.05) is 54.6 Å². The molecule has 0 bridgehead atoms. The van der Waals surface area contributed by atoms with Gasteiger partial charge in [-0.2, -0.15) is 0 Å². The van der Waals surface area contributed by atoms with E-state index in [1.54, 1.807) is 12.1 Å². The predicted molar refractivity (Wildman–Crippen MR) is 113 cm³/mol. The lowest BCUT2D eigenvalue weighted by molar-refractivity contribution is -0.122. The van der Waals surface area contributed by atoms with Crippen LogP contribution in [0.4, 0.5) is 0 Å². The minimum Gasteiger partial charge on any atom is -0.508 e. The molecule has 0 unspecified atom stereocenters. The first-order valence-electron chi connectivity index (χ1n) is 10.0. The van der Waals surface area contributed by atoms with Crippen LogP contribution in [0, 0.1) is 0 Å². The van der Waals surface area contributed by atoms with Crippen molar-refractivity contribution in [2.75, 3.05) is 13.2 Å². The number of ether oxygens (including phenoxy) is 1. The van der Waals surface area contributed by atoms with E-state index in [4.69, 9.17) is 4.74 Å². The molecule has 0 fully saturated rings. The van der Waals surface area contributed by atoms with Gasteiger partial charge < -0.3 is 15.2 Å². The highest BCUT2D eigenvalue weighted by molar-refractivity contribution is 5.77. The summed E-state index contributed by atoms with van der Waals surface area (Å²) in [5.41, 5.74) is 4.20. The molecule has 29 heavy (non-hydrogen) atoms. The SMILES string of the molecule is O=C(C[C@H](c1ccccc1)c1ccccc1O)NC[C@@H]1OCCc2ccccc21. The number of phenolic OH excluding ortho intramolecular Hbond substituents is 1. The van der Waals surface area contributed by atoms with Crippen molar-refractivity contribution < 1.29 is 14.6 Å². The highest BCUT2D eigenvalue weighted by atomic mass is 16.5. The molecule has 4 nitrogen and oxygen atoms in total. The Labute approximate surface area is 171 Å². The van der Waals surface area contributed by atoms with Crippen molar-refractivity contribution in [3.8, 4) is 5.75 Å². The Bertz CT molecular complexity index is 971. The van der Waals surface area contributed by atoms with Crippen molar-refractivity contribution in [1.29, 1.82) is 0 Å². The minimum atomic E-state index is -0.211. The Balaban J connectivity index is 1.47. The Kier molecular flexibility index (Phi) is 5.92. The third kappa shape index (κ3) is 4.49. The third-order valence-corrected chi connectivity index (χ3v) is 5.48. The first kappa shape index (κ1) is 19.2. The van der Waals surface area contributed by atoms with Gasteiger partial charge in [0.25, 0.3) is 0 Å². The van der Waals surface area contributed by atoms with E-state index in [2.05, 4.69) is 17.4 Å². The molecule has 0 radical (unpaired) electrons. The maximum atomic E-state index is 12.8. The van der Waals surface area contributed by atoms with Crippen molar-refractivity contribution in [2.45, 2.75) is 24.9 Å². The molecule has 2 atom stereocenters. The summed E-state index contributed by atoms with van der Waals surface area (Å²) in [7, 11) is 0. The van der Waals surface area contributed by atoms with Gasteiger partial charge in [0.2, 0.25) is 5.91 Å². The molecular formula is C25H25NO3. The van der Waals surface area contributed by atoms with Gasteiger partial charge in [0.1, 0.15) is 11.9 Å². The van der Waals surface area contributed by atoms with Gasteiger partial charge in [-0.25, -0.2) is 0 Å². The number of hydrogen-bond donors (Lipinski definition) is 2. The number of benzene rings is 3. The lowest BCUT2D eigenvalue weighted by atomic mass is 9.87. The molecule has 3 aromatic carbocycles. The van der Waals surface area contributed by atoms with E-state index in [0.29, 0.717) is 13.2 Å². The molecule has 0 saturated carbocycles. The molecule has 0 aromatic heterocycles. The molecule has 0 saturated heterocycles. The van der Waals surface area contributed by atoms with Crippen molar-refractivity contribution >= 4 is 5.91 Å². The van der Waals surface area contributed by atoms with Crippen LogP contribution >= 0.6 is 0 Å². The molecule has 1 amide bonds. The Morgan fingerprint density at radius 3 is 2.55 bits per heavy atom. The summed E-state index contributed by atoms with van der Waals surface area (Å²) in [5, 5.41) is 13.4. The lowest BCUT2D eigenvalue weighted by Crippen LogP contribution is -2.32. The van der Waals surface area contributed by atoms with Crippen molar-refractivity contribution in [1.82, 2.24) is 5.32 Å². The van der Waals surface area contributed by atoms with E-state index in [0.717, 1.165) is 23.1 Å². The fraction of sp³-hybridized carbons (Fsp3) is 0.240. The monoisotopic (exact) mass is 387 g/mol. The highest BCUT2D eigenvalue weighted by Gasteiger charge is 2.24. The number of hydrogen-bond acceptors (Lipinski definition) is 3. The topological polar surface area (TPSA) is 58.6 Å². The number of nitrogens with one attached hydrogen (secondary N) is 1. The van der Waals surface area contributed by atoms with E-state index in [1.165, 1.54) is 5.56 Å². The van der Waals surface area contributed by atoms with Crippen LogP contribution in [0.2, 0.25) is 0 Å². The van der Waals surface area contributed by atoms with E-state index >= 15 is 0 Å². The molecular weight excluding hydrogens is 362 g/mol. The number of amides is 1. The van der Waals surface area contributed by atoms with Crippen LogP contribution in [-0.4, -0.2) is 24.2 Å². The van der Waals surface area contributed by atoms with E-state index in [9.17, 15) is 9.90 Å². The van der Waals surface area contributed by atoms with E-state index < -0.39 is 0 Å². The number of carbonyl (C=O) groups is 1. The number of aromatic hydroxyl groups is 1. The van der Waals surface area contributed by atoms with Gasteiger partial charge >= 0.3 is 0 Å². The van der Waals surface area contributed by atoms with E-state index in [-0.39, 0.29) is 30.1 Å². The Hall–Kier alpha value is -3.11. The number of phenols is 1. The van der Waals surface area contributed by atoms with Crippen molar-refractivity contribution in [3.05, 3.63) is 101 Å². The summed E-state index contributed by atoms with van der Waals surface area (Å²) in [6, 6.07) is 25.3. The fourth-order valence-corrected chi connectivity index (χ4v) is 3.98. The number of fused-ring (bicyclic) bond motifs is 1. The largest absolute Gasteiger partial charge is 0.508 e. The quantitative estimate of drug-likeness (QED) is 0.661. The van der Waals surface area contributed by atoms with Crippen LogP contribution in [0.3, 0.4) is 0 Å². The summed E-state index contributed by atoms with van der Waals surface area (Å²) in [6.07, 6.45) is 1.05. The number of rotatable bonds is 6. The molecule has 4 rings (SSSR count). The van der Waals surface area contributed by atoms with Crippen LogP contribution in [0.1, 0.15) is 40.7 Å². The molecule has 4 heteroatoms. The zero-order chi connectivity index (χ0) is 20.1. The Morgan fingerprint density at radius 1 is 1.00 bits per heavy atom. The first-order valence-corrected chi connectivity index (χ1v) is 10.0. The normalized spacial score (nSPS) is 16.6. The molecule has 0 spiro atoms. The predicted octanol–water partition coefficient (Wildman–Crippen LogP) is 4.34. The van der Waals surface area contributed by atoms with Gasteiger partial charge in [-0.05, 0) is 29.2 Å². The Morgan fingerprint density at radius 2 is 1.72 bits per heavy atom. The maximum Gasteiger partial charge on any atom is 0.221 e. The standard InChI is InChI=1S/C25H25NO3/c27-23-13-7-6-12-21(23)22(18-8-2-1-3-9-18)16-25(28)26-17-24-20-11-5-4-10-19(20)14-15-29-24/h1-13,22,24,27H,14-17H2,(H,26,28)/t22-,24+/m1/s1. The number of carbonyl (C=O) groups excluding carboxylic acids is 1. The first-order chi connectivity index (χ1) is 14.2. The zero-order valence-corrected chi connectivity index (χ0v) is 16.3. The smallest absolute Gasteiger partial charge is 0.221 e. The summed E-state index contributed by atoms with van der Waals surface area (Å²) in [5.74, 6) is -0.0654. The molecule has 148 valence electrons. The van der Waals surface area contributed by atoms with Crippen molar-refractivity contribution in [3.63, 3.8) is 0 Å². The summed E-state index contributed by atoms with van der Waals surface area (Å²) < 4.78 is 5.89. The van der Waals surface area contributed by atoms with Crippen molar-refractivity contribution in [2.24, 2.45) is 0 Å². The fourth-order valence-electron chi connectivity index (χ4n) is 3.98. The molecule has 0 aliphatic carbocycles. The van der Waals surface area contributed by atoms with Crippen LogP contribution in [0.25, 0.3) is 0 Å². The number of para-hydroxylation sites is 1. The van der Waals surface area contributed by atoms with Gasteiger partial charge in [0, 0.05) is 24.4 Å². The molecule has 1 aliphatic rings. The molecule has 2 N–H and O–H groups in total. The average molecular weight is 387 g/mol. The molecule has 3 aromatic rings. The average Bonchev–Trinajstić information content (AvgIpc) is 2.77.